The molecule has 0 fully saturated rings. The number of rotatable bonds is 11. The van der Waals surface area contributed by atoms with Crippen LogP contribution in [0.2, 0.25) is 5.04 Å². The molecular formula is C35H51ClN2O4Si. The number of alkyl carbamates (subject to hydrolysis) is 1. The monoisotopic (exact) mass is 626 g/mol. The van der Waals surface area contributed by atoms with Gasteiger partial charge in [-0.1, -0.05) is 126 Å². The first kappa shape index (κ1) is 36.3. The van der Waals surface area contributed by atoms with E-state index in [1.165, 1.54) is 10.4 Å². The van der Waals surface area contributed by atoms with Crippen LogP contribution >= 0.6 is 11.6 Å². The molecule has 0 saturated heterocycles. The van der Waals surface area contributed by atoms with Gasteiger partial charge in [-0.2, -0.15) is 0 Å². The average molecular weight is 627 g/mol. The summed E-state index contributed by atoms with van der Waals surface area (Å²) in [5, 5.41) is 8.51. The lowest BCUT2D eigenvalue weighted by Crippen LogP contribution is -2.67. The van der Waals surface area contributed by atoms with Gasteiger partial charge in [-0.15, -0.1) is 0 Å². The Morgan fingerprint density at radius 2 is 1.37 bits per heavy atom. The van der Waals surface area contributed by atoms with Gasteiger partial charge in [-0.3, -0.25) is 4.79 Å². The molecule has 2 amide bonds. The summed E-state index contributed by atoms with van der Waals surface area (Å²) in [5.41, 5.74) is -1.20. The molecule has 8 heteroatoms. The lowest BCUT2D eigenvalue weighted by atomic mass is 9.86. The highest BCUT2D eigenvalue weighted by atomic mass is 35.5. The lowest BCUT2D eigenvalue weighted by Gasteiger charge is -2.45. The third kappa shape index (κ3) is 11.0. The van der Waals surface area contributed by atoms with Crippen LogP contribution in [-0.2, 0) is 14.0 Å². The van der Waals surface area contributed by atoms with E-state index in [1.54, 1.807) is 27.0 Å². The Labute approximate surface area is 265 Å². The average Bonchev–Trinajstić information content (AvgIpc) is 2.89. The number of amides is 2. The second-order valence-electron chi connectivity index (χ2n) is 14.0. The molecule has 0 unspecified atom stereocenters. The summed E-state index contributed by atoms with van der Waals surface area (Å²) in [6.45, 7) is 19.7. The number of nitrogens with one attached hydrogen (secondary N) is 2. The first-order valence-corrected chi connectivity index (χ1v) is 17.2. The Hall–Kier alpha value is -2.87. The van der Waals surface area contributed by atoms with Crippen LogP contribution in [0.4, 0.5) is 4.79 Å². The topological polar surface area (TPSA) is 76.7 Å². The van der Waals surface area contributed by atoms with Crippen LogP contribution in [0.1, 0.15) is 82.1 Å². The van der Waals surface area contributed by atoms with Gasteiger partial charge in [0.2, 0.25) is 5.91 Å². The van der Waals surface area contributed by atoms with Crippen LogP contribution in [0.15, 0.2) is 84.0 Å². The Morgan fingerprint density at radius 1 is 0.860 bits per heavy atom. The minimum Gasteiger partial charge on any atom is -0.444 e. The van der Waals surface area contributed by atoms with Gasteiger partial charge in [0.25, 0.3) is 8.32 Å². The number of halogens is 1. The molecule has 2 N–H and O–H groups in total. The largest absolute Gasteiger partial charge is 0.444 e. The van der Waals surface area contributed by atoms with Gasteiger partial charge in [-0.05, 0) is 67.6 Å². The first-order valence-electron chi connectivity index (χ1n) is 14.9. The van der Waals surface area contributed by atoms with Crippen molar-refractivity contribution in [2.75, 3.05) is 0 Å². The van der Waals surface area contributed by atoms with E-state index in [1.807, 2.05) is 52.0 Å². The first-order chi connectivity index (χ1) is 19.9. The van der Waals surface area contributed by atoms with Gasteiger partial charge in [0.15, 0.2) is 0 Å². The lowest BCUT2D eigenvalue weighted by molar-refractivity contribution is -0.124. The highest BCUT2D eigenvalue weighted by molar-refractivity contribution is 6.99. The van der Waals surface area contributed by atoms with Crippen molar-refractivity contribution in [3.8, 4) is 0 Å². The molecule has 0 aliphatic carbocycles. The molecule has 0 aromatic heterocycles. The van der Waals surface area contributed by atoms with E-state index in [4.69, 9.17) is 20.8 Å². The predicted octanol–water partition coefficient (Wildman–Crippen LogP) is 7.42. The summed E-state index contributed by atoms with van der Waals surface area (Å²) in [6, 6.07) is 20.2. The van der Waals surface area contributed by atoms with Crippen molar-refractivity contribution < 1.29 is 18.8 Å². The minimum absolute atomic E-state index is 0.182. The fraction of sp³-hybridized carbons (Fsp3) is 0.486. The quantitative estimate of drug-likeness (QED) is 0.254. The molecule has 0 aliphatic heterocycles. The van der Waals surface area contributed by atoms with Crippen molar-refractivity contribution in [1.82, 2.24) is 10.6 Å². The summed E-state index contributed by atoms with van der Waals surface area (Å²) in [5.74, 6) is -0.324. The molecule has 0 radical (unpaired) electrons. The van der Waals surface area contributed by atoms with Crippen LogP contribution in [-0.4, -0.2) is 38.1 Å². The molecular weight excluding hydrogens is 576 g/mol. The number of carbonyl (C=O) groups excluding carboxylic acids is 2. The molecule has 0 aliphatic rings. The number of benzene rings is 2. The summed E-state index contributed by atoms with van der Waals surface area (Å²) in [7, 11) is -2.80. The zero-order chi connectivity index (χ0) is 32.5. The second kappa shape index (κ2) is 15.2. The van der Waals surface area contributed by atoms with Crippen molar-refractivity contribution >= 4 is 42.3 Å². The summed E-state index contributed by atoms with van der Waals surface area (Å²) in [6.07, 6.45) is 5.85. The smallest absolute Gasteiger partial charge is 0.408 e. The van der Waals surface area contributed by atoms with E-state index in [0.29, 0.717) is 17.9 Å². The van der Waals surface area contributed by atoms with Gasteiger partial charge in [0.05, 0.1) is 6.10 Å². The fourth-order valence-electron chi connectivity index (χ4n) is 4.97. The Bertz CT molecular complexity index is 1200. The van der Waals surface area contributed by atoms with Crippen molar-refractivity contribution in [1.29, 1.82) is 0 Å². The zero-order valence-electron chi connectivity index (χ0n) is 27.6. The van der Waals surface area contributed by atoms with Gasteiger partial charge in [0, 0.05) is 5.03 Å². The predicted molar refractivity (Wildman–Crippen MR) is 181 cm³/mol. The summed E-state index contributed by atoms with van der Waals surface area (Å²) in [4.78, 5) is 25.7. The van der Waals surface area contributed by atoms with Gasteiger partial charge >= 0.3 is 6.09 Å². The van der Waals surface area contributed by atoms with Crippen LogP contribution in [0.25, 0.3) is 0 Å². The maximum atomic E-state index is 13.2. The normalized spacial score (nSPS) is 14.7. The molecule has 236 valence electrons. The minimum atomic E-state index is -2.80. The molecule has 43 heavy (non-hydrogen) atoms. The number of carbonyl (C=O) groups is 2. The number of hydrogen-bond donors (Lipinski definition) is 2. The van der Waals surface area contributed by atoms with Crippen molar-refractivity contribution in [3.05, 3.63) is 84.0 Å². The third-order valence-corrected chi connectivity index (χ3v) is 12.2. The standard InChI is InChI=1S/C35H51ClN2O4Si/c1-26(36)23-24-27(18-17-25-37-31(39)30(33(2,3)4)38-32(40)41-34(5,6)7)42-43(35(8,9)10,28-19-13-11-14-20-28)29-21-15-12-16-22-29/h11-17,19-23,25,27,30H,18,24H2,1-10H3,(H,37,39)(H,38,40)/b25-17-,26-23+/t27-,30+/m0/s1. The van der Waals surface area contributed by atoms with Crippen LogP contribution in [0.3, 0.4) is 0 Å². The highest BCUT2D eigenvalue weighted by Gasteiger charge is 2.51. The molecule has 0 heterocycles. The molecule has 2 atom stereocenters. The maximum absolute atomic E-state index is 13.2. The van der Waals surface area contributed by atoms with Gasteiger partial charge in [-0.25, -0.2) is 4.79 Å². The van der Waals surface area contributed by atoms with E-state index in [9.17, 15) is 9.59 Å². The Balaban J connectivity index is 2.36. The molecule has 2 aromatic rings. The zero-order valence-corrected chi connectivity index (χ0v) is 29.3. The van der Waals surface area contributed by atoms with Crippen LogP contribution < -0.4 is 21.0 Å². The SMILES string of the molecule is C/C(Cl)=C\C[C@H](C/C=C\NC(=O)[C@@H](NC(=O)OC(C)(C)C)C(C)(C)C)O[Si](c1ccccc1)(c1ccccc1)C(C)(C)C. The van der Waals surface area contributed by atoms with Crippen molar-refractivity contribution in [3.63, 3.8) is 0 Å². The molecule has 0 spiro atoms. The van der Waals surface area contributed by atoms with E-state index >= 15 is 0 Å². The summed E-state index contributed by atoms with van der Waals surface area (Å²) >= 11 is 6.28. The van der Waals surface area contributed by atoms with Crippen molar-refractivity contribution in [2.45, 2.75) is 105 Å². The second-order valence-corrected chi connectivity index (χ2v) is 18.9. The van der Waals surface area contributed by atoms with E-state index in [2.05, 4.69) is 79.9 Å². The summed E-state index contributed by atoms with van der Waals surface area (Å²) < 4.78 is 12.7. The van der Waals surface area contributed by atoms with E-state index in [0.717, 1.165) is 0 Å². The molecule has 2 aromatic carbocycles. The third-order valence-electron chi connectivity index (χ3n) is 6.95. The molecule has 0 saturated carbocycles. The fourth-order valence-corrected chi connectivity index (χ4v) is 9.77. The van der Waals surface area contributed by atoms with Gasteiger partial charge in [0.1, 0.15) is 11.6 Å². The molecule has 0 bridgehead atoms. The number of ether oxygens (including phenoxy) is 1. The molecule has 6 nitrogen and oxygen atoms in total. The molecule has 2 rings (SSSR count). The van der Waals surface area contributed by atoms with Gasteiger partial charge < -0.3 is 19.8 Å². The maximum Gasteiger partial charge on any atom is 0.408 e. The Morgan fingerprint density at radius 3 is 1.79 bits per heavy atom. The van der Waals surface area contributed by atoms with Crippen LogP contribution in [0, 0.1) is 5.41 Å². The number of hydrogen-bond acceptors (Lipinski definition) is 4. The van der Waals surface area contributed by atoms with Crippen LogP contribution in [0.5, 0.6) is 0 Å². The van der Waals surface area contributed by atoms with E-state index in [-0.39, 0.29) is 17.0 Å². The highest BCUT2D eigenvalue weighted by Crippen LogP contribution is 2.38. The number of allylic oxidation sites excluding steroid dienone is 1. The van der Waals surface area contributed by atoms with Crippen molar-refractivity contribution in [2.24, 2.45) is 5.41 Å². The Kier molecular flexibility index (Phi) is 12.9. The van der Waals surface area contributed by atoms with E-state index < -0.39 is 31.5 Å².